The number of ether oxygens (including phenoxy) is 3. The summed E-state index contributed by atoms with van der Waals surface area (Å²) in [6.45, 7) is -0.356. The number of methoxy groups -OCH3 is 1. The summed E-state index contributed by atoms with van der Waals surface area (Å²) >= 11 is 3.16. The number of hydrazone groups is 1. The zero-order chi connectivity index (χ0) is 24.5. The predicted octanol–water partition coefficient (Wildman–Crippen LogP) is 4.11. The highest BCUT2D eigenvalue weighted by Crippen LogP contribution is 2.29. The molecule has 0 radical (unpaired) electrons. The summed E-state index contributed by atoms with van der Waals surface area (Å²) in [6.07, 6.45) is 1.38. The molecule has 0 unspecified atom stereocenters. The molecule has 0 aliphatic rings. The number of carbonyl (C=O) groups is 2. The van der Waals surface area contributed by atoms with Gasteiger partial charge in [-0.05, 0) is 57.9 Å². The molecule has 0 aliphatic carbocycles. The number of nitrogens with one attached hydrogen (secondary N) is 1. The Balaban J connectivity index is 1.55. The number of esters is 1. The molecule has 0 heterocycles. The number of hydrogen-bond donors (Lipinski definition) is 1. The third-order valence-corrected chi connectivity index (χ3v) is 4.91. The fourth-order valence-electron chi connectivity index (χ4n) is 2.66. The minimum absolute atomic E-state index is 0.107. The first-order valence-electron chi connectivity index (χ1n) is 9.71. The molecule has 3 rings (SSSR count). The van der Waals surface area contributed by atoms with Gasteiger partial charge in [-0.15, -0.1) is 0 Å². The number of rotatable bonds is 9. The van der Waals surface area contributed by atoms with Crippen molar-refractivity contribution in [3.63, 3.8) is 0 Å². The molecule has 3 aromatic carbocycles. The summed E-state index contributed by atoms with van der Waals surface area (Å²) in [7, 11) is 1.44. The summed E-state index contributed by atoms with van der Waals surface area (Å²) in [4.78, 5) is 34.4. The summed E-state index contributed by atoms with van der Waals surface area (Å²) in [6, 6.07) is 17.3. The van der Waals surface area contributed by atoms with Crippen molar-refractivity contribution in [1.82, 2.24) is 5.43 Å². The second-order valence-electron chi connectivity index (χ2n) is 6.62. The van der Waals surface area contributed by atoms with Gasteiger partial charge >= 0.3 is 5.97 Å². The van der Waals surface area contributed by atoms with Gasteiger partial charge in [0, 0.05) is 12.1 Å². The van der Waals surface area contributed by atoms with Crippen LogP contribution in [0.3, 0.4) is 0 Å². The molecule has 0 atom stereocenters. The minimum Gasteiger partial charge on any atom is -0.493 e. The van der Waals surface area contributed by atoms with Gasteiger partial charge < -0.3 is 14.2 Å². The van der Waals surface area contributed by atoms with Crippen molar-refractivity contribution in [1.29, 1.82) is 0 Å². The van der Waals surface area contributed by atoms with Gasteiger partial charge in [0.1, 0.15) is 5.75 Å². The highest BCUT2D eigenvalue weighted by Gasteiger charge is 2.13. The average Bonchev–Trinajstić information content (AvgIpc) is 2.84. The lowest BCUT2D eigenvalue weighted by Gasteiger charge is -2.10. The highest BCUT2D eigenvalue weighted by molar-refractivity contribution is 9.10. The third kappa shape index (κ3) is 6.62. The van der Waals surface area contributed by atoms with E-state index in [0.29, 0.717) is 21.3 Å². The van der Waals surface area contributed by atoms with E-state index in [9.17, 15) is 19.7 Å². The molecule has 174 valence electrons. The van der Waals surface area contributed by atoms with Crippen molar-refractivity contribution in [2.24, 2.45) is 5.10 Å². The van der Waals surface area contributed by atoms with Crippen LogP contribution in [0.1, 0.15) is 15.9 Å². The van der Waals surface area contributed by atoms with Crippen LogP contribution in [-0.2, 0) is 4.79 Å². The van der Waals surface area contributed by atoms with Gasteiger partial charge in [-0.1, -0.05) is 18.2 Å². The van der Waals surface area contributed by atoms with Crippen molar-refractivity contribution in [2.45, 2.75) is 0 Å². The van der Waals surface area contributed by atoms with Crippen LogP contribution in [0.5, 0.6) is 17.2 Å². The molecular formula is C23H18BrN3O7. The summed E-state index contributed by atoms with van der Waals surface area (Å²) in [5, 5.41) is 14.6. The molecule has 0 saturated carbocycles. The summed E-state index contributed by atoms with van der Waals surface area (Å²) < 4.78 is 16.4. The van der Waals surface area contributed by atoms with Gasteiger partial charge in [0.15, 0.2) is 18.1 Å². The van der Waals surface area contributed by atoms with E-state index in [0.717, 1.165) is 0 Å². The highest BCUT2D eigenvalue weighted by atomic mass is 79.9. The van der Waals surface area contributed by atoms with Gasteiger partial charge in [0.2, 0.25) is 0 Å². The summed E-state index contributed by atoms with van der Waals surface area (Å²) in [5.74, 6) is -0.241. The molecule has 10 nitrogen and oxygen atoms in total. The number of hydrogen-bond acceptors (Lipinski definition) is 8. The molecule has 34 heavy (non-hydrogen) atoms. The first kappa shape index (κ1) is 24.4. The molecule has 1 amide bonds. The Morgan fingerprint density at radius 3 is 2.47 bits per heavy atom. The normalized spacial score (nSPS) is 10.5. The maximum absolute atomic E-state index is 12.2. The van der Waals surface area contributed by atoms with E-state index in [2.05, 4.69) is 26.5 Å². The van der Waals surface area contributed by atoms with Crippen LogP contribution in [0.4, 0.5) is 5.69 Å². The second-order valence-corrected chi connectivity index (χ2v) is 7.47. The summed E-state index contributed by atoms with van der Waals surface area (Å²) in [5.41, 5.74) is 3.19. The van der Waals surface area contributed by atoms with Crippen molar-refractivity contribution < 1.29 is 28.7 Å². The number of amides is 1. The maximum atomic E-state index is 12.2. The standard InChI is InChI=1S/C23H18BrN3O7/c1-32-21-11-15(7-9-20(21)34-23(29)16-5-3-2-4-6-16)13-25-26-22(28)14-33-19-10-8-17(27(30)31)12-18(19)24/h2-13H,14H2,1H3,(H,26,28). The lowest BCUT2D eigenvalue weighted by atomic mass is 10.2. The number of nitro groups is 1. The largest absolute Gasteiger partial charge is 0.493 e. The van der Waals surface area contributed by atoms with Crippen LogP contribution in [0, 0.1) is 10.1 Å². The van der Waals surface area contributed by atoms with E-state index in [-0.39, 0.29) is 23.8 Å². The molecule has 0 bridgehead atoms. The fourth-order valence-corrected chi connectivity index (χ4v) is 3.14. The maximum Gasteiger partial charge on any atom is 0.343 e. The van der Waals surface area contributed by atoms with E-state index in [1.807, 2.05) is 0 Å². The SMILES string of the molecule is COc1cc(C=NNC(=O)COc2ccc([N+](=O)[O-])cc2Br)ccc1OC(=O)c1ccccc1. The van der Waals surface area contributed by atoms with Crippen LogP contribution in [0.15, 0.2) is 76.3 Å². The average molecular weight is 528 g/mol. The lowest BCUT2D eigenvalue weighted by Crippen LogP contribution is -2.24. The Morgan fingerprint density at radius 2 is 1.79 bits per heavy atom. The second kappa shape index (κ2) is 11.6. The van der Waals surface area contributed by atoms with Gasteiger partial charge in [0.05, 0.1) is 28.3 Å². The van der Waals surface area contributed by atoms with E-state index in [4.69, 9.17) is 14.2 Å². The number of halogens is 1. The first-order valence-corrected chi connectivity index (χ1v) is 10.5. The van der Waals surface area contributed by atoms with Crippen molar-refractivity contribution in [2.75, 3.05) is 13.7 Å². The van der Waals surface area contributed by atoms with Crippen LogP contribution in [0.25, 0.3) is 0 Å². The fraction of sp³-hybridized carbons (Fsp3) is 0.0870. The number of nitrogens with zero attached hydrogens (tertiary/aromatic N) is 2. The van der Waals surface area contributed by atoms with Crippen molar-refractivity contribution >= 4 is 39.7 Å². The van der Waals surface area contributed by atoms with Gasteiger partial charge in [-0.25, -0.2) is 10.2 Å². The molecule has 0 spiro atoms. The third-order valence-electron chi connectivity index (χ3n) is 4.29. The number of non-ortho nitro benzene ring substituents is 1. The first-order chi connectivity index (χ1) is 16.4. The Kier molecular flexibility index (Phi) is 8.30. The molecule has 0 saturated heterocycles. The predicted molar refractivity (Wildman–Crippen MR) is 126 cm³/mol. The lowest BCUT2D eigenvalue weighted by molar-refractivity contribution is -0.384. The van der Waals surface area contributed by atoms with E-state index in [1.54, 1.807) is 48.5 Å². The molecule has 0 fully saturated rings. The van der Waals surface area contributed by atoms with Crippen molar-refractivity contribution in [3.05, 3.63) is 92.4 Å². The molecule has 1 N–H and O–H groups in total. The number of benzene rings is 3. The van der Waals surface area contributed by atoms with Crippen molar-refractivity contribution in [3.8, 4) is 17.2 Å². The Morgan fingerprint density at radius 1 is 1.06 bits per heavy atom. The van der Waals surface area contributed by atoms with Gasteiger partial charge in [0.25, 0.3) is 11.6 Å². The van der Waals surface area contributed by atoms with E-state index < -0.39 is 16.8 Å². The van der Waals surface area contributed by atoms with E-state index in [1.165, 1.54) is 31.5 Å². The van der Waals surface area contributed by atoms with Crippen LogP contribution in [0.2, 0.25) is 0 Å². The zero-order valence-electron chi connectivity index (χ0n) is 17.8. The van der Waals surface area contributed by atoms with Gasteiger partial charge in [-0.2, -0.15) is 5.10 Å². The minimum atomic E-state index is -0.540. The van der Waals surface area contributed by atoms with Gasteiger partial charge in [-0.3, -0.25) is 14.9 Å². The Labute approximate surface area is 202 Å². The number of carbonyl (C=O) groups excluding carboxylic acids is 2. The molecule has 0 aliphatic heterocycles. The Bertz CT molecular complexity index is 1230. The monoisotopic (exact) mass is 527 g/mol. The van der Waals surface area contributed by atoms with Crippen LogP contribution >= 0.6 is 15.9 Å². The van der Waals surface area contributed by atoms with E-state index >= 15 is 0 Å². The van der Waals surface area contributed by atoms with Crippen LogP contribution in [-0.4, -0.2) is 36.7 Å². The molecule has 0 aromatic heterocycles. The van der Waals surface area contributed by atoms with Crippen LogP contribution < -0.4 is 19.6 Å². The molecule has 3 aromatic rings. The quantitative estimate of drug-likeness (QED) is 0.145. The number of nitro benzene ring substituents is 1. The topological polar surface area (TPSA) is 129 Å². The zero-order valence-corrected chi connectivity index (χ0v) is 19.4. The molecule has 11 heteroatoms. The molecular weight excluding hydrogens is 510 g/mol. The smallest absolute Gasteiger partial charge is 0.343 e. The Hall–Kier alpha value is -4.25.